The first-order valence-corrected chi connectivity index (χ1v) is 7.14. The summed E-state index contributed by atoms with van der Waals surface area (Å²) in [5, 5.41) is 3.14. The molecule has 1 aromatic rings. The van der Waals surface area contributed by atoms with E-state index < -0.39 is 17.6 Å². The van der Waals surface area contributed by atoms with Gasteiger partial charge in [0.25, 0.3) is 0 Å². The number of anilines is 1. The lowest BCUT2D eigenvalue weighted by Gasteiger charge is -2.45. The molecule has 4 rings (SSSR count). The molecule has 3 fully saturated rings. The van der Waals surface area contributed by atoms with Crippen LogP contribution in [0.2, 0.25) is 0 Å². The molecule has 6 heteroatoms. The van der Waals surface area contributed by atoms with Crippen molar-refractivity contribution in [2.45, 2.75) is 18.9 Å². The molecule has 4 nitrogen and oxygen atoms in total. The number of methoxy groups -OCH3 is 1. The van der Waals surface area contributed by atoms with Gasteiger partial charge in [-0.2, -0.15) is 0 Å². The van der Waals surface area contributed by atoms with E-state index in [4.69, 9.17) is 0 Å². The largest absolute Gasteiger partial charge is 0.465 e. The van der Waals surface area contributed by atoms with Crippen LogP contribution in [0.4, 0.5) is 14.5 Å². The molecule has 1 N–H and O–H groups in total. The van der Waals surface area contributed by atoms with Gasteiger partial charge in [0.15, 0.2) is 0 Å². The number of esters is 1. The normalized spacial score (nSPS) is 27.5. The van der Waals surface area contributed by atoms with Crippen molar-refractivity contribution < 1.29 is 18.3 Å². The molecule has 0 aliphatic carbocycles. The highest BCUT2D eigenvalue weighted by Crippen LogP contribution is 2.31. The van der Waals surface area contributed by atoms with Crippen LogP contribution in [-0.2, 0) is 4.74 Å². The number of hydrogen-bond donors (Lipinski definition) is 1. The lowest BCUT2D eigenvalue weighted by atomic mass is 9.84. The number of carbonyl (C=O) groups excluding carboxylic acids is 1. The van der Waals surface area contributed by atoms with Crippen LogP contribution in [0.1, 0.15) is 23.2 Å². The molecule has 0 amide bonds. The van der Waals surface area contributed by atoms with E-state index >= 15 is 0 Å². The average molecular weight is 296 g/mol. The Morgan fingerprint density at radius 2 is 2.00 bits per heavy atom. The SMILES string of the molecule is COC(=O)c1cc(NC2CN3CCC2CC3)c(F)cc1F. The lowest BCUT2D eigenvalue weighted by molar-refractivity contribution is 0.0595. The predicted octanol–water partition coefficient (Wildman–Crippen LogP) is 2.26. The van der Waals surface area contributed by atoms with Crippen LogP contribution < -0.4 is 5.32 Å². The van der Waals surface area contributed by atoms with Crippen molar-refractivity contribution in [3.05, 3.63) is 29.3 Å². The number of benzene rings is 1. The Bertz CT molecular complexity index is 557. The van der Waals surface area contributed by atoms with Crippen LogP contribution >= 0.6 is 0 Å². The Morgan fingerprint density at radius 3 is 2.57 bits per heavy atom. The summed E-state index contributed by atoms with van der Waals surface area (Å²) in [5.74, 6) is -1.89. The maximum Gasteiger partial charge on any atom is 0.340 e. The molecular weight excluding hydrogens is 278 g/mol. The van der Waals surface area contributed by atoms with E-state index in [2.05, 4.69) is 15.0 Å². The van der Waals surface area contributed by atoms with Gasteiger partial charge in [-0.25, -0.2) is 13.6 Å². The van der Waals surface area contributed by atoms with Crippen molar-refractivity contribution in [2.24, 2.45) is 5.92 Å². The number of fused-ring (bicyclic) bond motifs is 3. The van der Waals surface area contributed by atoms with Crippen LogP contribution in [0.15, 0.2) is 12.1 Å². The van der Waals surface area contributed by atoms with Gasteiger partial charge < -0.3 is 15.0 Å². The Morgan fingerprint density at radius 1 is 1.29 bits per heavy atom. The molecular formula is C15H18F2N2O2. The zero-order valence-electron chi connectivity index (χ0n) is 11.9. The minimum Gasteiger partial charge on any atom is -0.465 e. The number of carbonyl (C=O) groups is 1. The predicted molar refractivity (Wildman–Crippen MR) is 74.3 cm³/mol. The highest BCUT2D eigenvalue weighted by atomic mass is 19.1. The van der Waals surface area contributed by atoms with Gasteiger partial charge in [0.2, 0.25) is 0 Å². The van der Waals surface area contributed by atoms with E-state index in [-0.39, 0.29) is 17.3 Å². The Hall–Kier alpha value is -1.69. The lowest BCUT2D eigenvalue weighted by Crippen LogP contribution is -2.53. The van der Waals surface area contributed by atoms with Crippen molar-refractivity contribution in [3.63, 3.8) is 0 Å². The first-order chi connectivity index (χ1) is 10.1. The Kier molecular flexibility index (Phi) is 3.80. The van der Waals surface area contributed by atoms with Crippen LogP contribution in [0.3, 0.4) is 0 Å². The van der Waals surface area contributed by atoms with E-state index in [0.29, 0.717) is 5.92 Å². The number of rotatable bonds is 3. The fraction of sp³-hybridized carbons (Fsp3) is 0.533. The molecule has 2 bridgehead atoms. The van der Waals surface area contributed by atoms with Gasteiger partial charge in [-0.3, -0.25) is 0 Å². The summed E-state index contributed by atoms with van der Waals surface area (Å²) in [6.07, 6.45) is 2.18. The van der Waals surface area contributed by atoms with Crippen LogP contribution in [0, 0.1) is 17.6 Å². The Balaban J connectivity index is 1.83. The molecule has 0 spiro atoms. The number of halogens is 2. The smallest absolute Gasteiger partial charge is 0.340 e. The summed E-state index contributed by atoms with van der Waals surface area (Å²) in [4.78, 5) is 13.8. The van der Waals surface area contributed by atoms with Crippen LogP contribution in [0.25, 0.3) is 0 Å². The summed E-state index contributed by atoms with van der Waals surface area (Å²) in [5.41, 5.74) is -0.0850. The van der Waals surface area contributed by atoms with Gasteiger partial charge >= 0.3 is 5.97 Å². The number of hydrogen-bond acceptors (Lipinski definition) is 4. The second-order valence-electron chi connectivity index (χ2n) is 5.69. The zero-order valence-corrected chi connectivity index (χ0v) is 11.9. The maximum absolute atomic E-state index is 13.9. The summed E-state index contributed by atoms with van der Waals surface area (Å²) in [6, 6.07) is 2.07. The topological polar surface area (TPSA) is 41.6 Å². The molecule has 0 radical (unpaired) electrons. The molecule has 3 saturated heterocycles. The van der Waals surface area contributed by atoms with E-state index in [9.17, 15) is 13.6 Å². The molecule has 0 aromatic heterocycles. The third-order valence-corrected chi connectivity index (χ3v) is 4.46. The van der Waals surface area contributed by atoms with Crippen molar-refractivity contribution >= 4 is 11.7 Å². The van der Waals surface area contributed by atoms with Gasteiger partial charge in [0, 0.05) is 18.7 Å². The van der Waals surface area contributed by atoms with E-state index in [1.807, 2.05) is 0 Å². The van der Waals surface area contributed by atoms with Gasteiger partial charge in [0.1, 0.15) is 11.6 Å². The van der Waals surface area contributed by atoms with Gasteiger partial charge in [-0.05, 0) is 37.9 Å². The third-order valence-electron chi connectivity index (χ3n) is 4.46. The fourth-order valence-corrected chi connectivity index (χ4v) is 3.25. The van der Waals surface area contributed by atoms with Crippen LogP contribution in [-0.4, -0.2) is 43.7 Å². The summed E-state index contributed by atoms with van der Waals surface area (Å²) in [7, 11) is 1.17. The van der Waals surface area contributed by atoms with E-state index in [0.717, 1.165) is 38.5 Å². The minimum absolute atomic E-state index is 0.137. The van der Waals surface area contributed by atoms with Crippen molar-refractivity contribution in [2.75, 3.05) is 32.1 Å². The van der Waals surface area contributed by atoms with Crippen molar-refractivity contribution in [1.29, 1.82) is 0 Å². The Labute approximate surface area is 122 Å². The third kappa shape index (κ3) is 2.72. The summed E-state index contributed by atoms with van der Waals surface area (Å²) < 4.78 is 32.1. The number of piperidine rings is 3. The molecule has 1 aromatic carbocycles. The fourth-order valence-electron chi connectivity index (χ4n) is 3.25. The summed E-state index contributed by atoms with van der Waals surface area (Å²) in [6.45, 7) is 3.03. The number of nitrogens with one attached hydrogen (secondary N) is 1. The number of ether oxygens (including phenoxy) is 1. The molecule has 3 heterocycles. The van der Waals surface area contributed by atoms with E-state index in [1.54, 1.807) is 0 Å². The molecule has 114 valence electrons. The average Bonchev–Trinajstić information content (AvgIpc) is 2.50. The van der Waals surface area contributed by atoms with Gasteiger partial charge in [-0.1, -0.05) is 0 Å². The highest BCUT2D eigenvalue weighted by Gasteiger charge is 2.34. The summed E-state index contributed by atoms with van der Waals surface area (Å²) >= 11 is 0. The zero-order chi connectivity index (χ0) is 15.0. The maximum atomic E-state index is 13.9. The first kappa shape index (κ1) is 14.3. The molecule has 3 aliphatic heterocycles. The quantitative estimate of drug-likeness (QED) is 0.869. The standard InChI is InChI=1S/C15H18F2N2O2/c1-21-15(20)10-6-13(12(17)7-11(10)16)18-14-8-19-4-2-9(14)3-5-19/h6-7,9,14,18H,2-5,8H2,1H3. The second kappa shape index (κ2) is 5.60. The van der Waals surface area contributed by atoms with Crippen molar-refractivity contribution in [1.82, 2.24) is 4.90 Å². The second-order valence-corrected chi connectivity index (χ2v) is 5.69. The molecule has 0 saturated carbocycles. The monoisotopic (exact) mass is 296 g/mol. The van der Waals surface area contributed by atoms with Gasteiger partial charge in [-0.15, -0.1) is 0 Å². The van der Waals surface area contributed by atoms with Crippen molar-refractivity contribution in [3.8, 4) is 0 Å². The molecule has 21 heavy (non-hydrogen) atoms. The first-order valence-electron chi connectivity index (χ1n) is 7.14. The van der Waals surface area contributed by atoms with Gasteiger partial charge in [0.05, 0.1) is 18.4 Å². The minimum atomic E-state index is -0.904. The molecule has 3 aliphatic rings. The highest BCUT2D eigenvalue weighted by molar-refractivity contribution is 5.90. The number of nitrogens with zero attached hydrogens (tertiary/aromatic N) is 1. The molecule has 1 atom stereocenters. The van der Waals surface area contributed by atoms with E-state index in [1.165, 1.54) is 13.2 Å². The van der Waals surface area contributed by atoms with Crippen LogP contribution in [0.5, 0.6) is 0 Å². The molecule has 1 unspecified atom stereocenters.